The Kier molecular flexibility index (Phi) is 5.01. The molecule has 1 aromatic carbocycles. The standard InChI is InChI=1S/C15H19N3O2S/c1-4-16-13(19)9-21-15-17-12-8-6-5-7-11(12)14(20)18(15)10(2)3/h5-8,10H,4,9H2,1-3H3,(H,16,19). The molecule has 0 saturated heterocycles. The van der Waals surface area contributed by atoms with Gasteiger partial charge in [-0.2, -0.15) is 0 Å². The van der Waals surface area contributed by atoms with Crippen molar-refractivity contribution >= 4 is 28.6 Å². The average Bonchev–Trinajstić information content (AvgIpc) is 2.45. The summed E-state index contributed by atoms with van der Waals surface area (Å²) in [6, 6.07) is 7.27. The van der Waals surface area contributed by atoms with Gasteiger partial charge in [-0.25, -0.2) is 4.98 Å². The molecule has 2 rings (SSSR count). The summed E-state index contributed by atoms with van der Waals surface area (Å²) in [4.78, 5) is 28.7. The Hall–Kier alpha value is -1.82. The lowest BCUT2D eigenvalue weighted by molar-refractivity contribution is -0.118. The summed E-state index contributed by atoms with van der Waals surface area (Å²) in [5.74, 6) is 0.200. The Bertz CT molecular complexity index is 710. The number of thioether (sulfide) groups is 1. The van der Waals surface area contributed by atoms with Crippen LogP contribution in [-0.2, 0) is 4.79 Å². The third-order valence-electron chi connectivity index (χ3n) is 3.00. The molecule has 0 saturated carbocycles. The van der Waals surface area contributed by atoms with Crippen molar-refractivity contribution in [1.82, 2.24) is 14.9 Å². The minimum Gasteiger partial charge on any atom is -0.356 e. The average molecular weight is 305 g/mol. The van der Waals surface area contributed by atoms with Crippen LogP contribution in [0.3, 0.4) is 0 Å². The maximum Gasteiger partial charge on any atom is 0.262 e. The van der Waals surface area contributed by atoms with E-state index in [2.05, 4.69) is 10.3 Å². The molecule has 0 spiro atoms. The predicted molar refractivity (Wildman–Crippen MR) is 85.8 cm³/mol. The van der Waals surface area contributed by atoms with E-state index in [1.807, 2.05) is 39.0 Å². The summed E-state index contributed by atoms with van der Waals surface area (Å²) >= 11 is 1.29. The van der Waals surface area contributed by atoms with Crippen LogP contribution in [0.25, 0.3) is 10.9 Å². The van der Waals surface area contributed by atoms with Crippen LogP contribution in [0.1, 0.15) is 26.8 Å². The number of para-hydroxylation sites is 1. The van der Waals surface area contributed by atoms with Crippen LogP contribution in [0.5, 0.6) is 0 Å². The molecular formula is C15H19N3O2S. The molecule has 2 aromatic rings. The first-order chi connectivity index (χ1) is 10.0. The molecule has 0 fully saturated rings. The second-order valence-electron chi connectivity index (χ2n) is 4.92. The van der Waals surface area contributed by atoms with E-state index in [9.17, 15) is 9.59 Å². The Labute approximate surface area is 127 Å². The fraction of sp³-hybridized carbons (Fsp3) is 0.400. The highest BCUT2D eigenvalue weighted by atomic mass is 32.2. The molecule has 0 radical (unpaired) electrons. The summed E-state index contributed by atoms with van der Waals surface area (Å²) in [5.41, 5.74) is 0.604. The van der Waals surface area contributed by atoms with Crippen LogP contribution < -0.4 is 10.9 Å². The van der Waals surface area contributed by atoms with Gasteiger partial charge in [-0.15, -0.1) is 0 Å². The molecule has 1 heterocycles. The smallest absolute Gasteiger partial charge is 0.262 e. The van der Waals surface area contributed by atoms with Crippen molar-refractivity contribution in [3.63, 3.8) is 0 Å². The first kappa shape index (κ1) is 15.6. The molecular weight excluding hydrogens is 286 g/mol. The first-order valence-electron chi connectivity index (χ1n) is 6.95. The Morgan fingerprint density at radius 2 is 2.10 bits per heavy atom. The number of carbonyl (C=O) groups is 1. The van der Waals surface area contributed by atoms with Crippen LogP contribution in [0, 0.1) is 0 Å². The van der Waals surface area contributed by atoms with Gasteiger partial charge in [0.1, 0.15) is 0 Å². The lowest BCUT2D eigenvalue weighted by Crippen LogP contribution is -2.27. The quantitative estimate of drug-likeness (QED) is 0.679. The second-order valence-corrected chi connectivity index (χ2v) is 5.87. The van der Waals surface area contributed by atoms with E-state index in [1.165, 1.54) is 11.8 Å². The van der Waals surface area contributed by atoms with Gasteiger partial charge >= 0.3 is 0 Å². The number of aromatic nitrogens is 2. The largest absolute Gasteiger partial charge is 0.356 e. The van der Waals surface area contributed by atoms with Gasteiger partial charge in [0, 0.05) is 12.6 Å². The molecule has 0 atom stereocenters. The van der Waals surface area contributed by atoms with Gasteiger partial charge in [0.2, 0.25) is 5.91 Å². The maximum absolute atomic E-state index is 12.6. The van der Waals surface area contributed by atoms with Gasteiger partial charge < -0.3 is 5.32 Å². The van der Waals surface area contributed by atoms with Crippen LogP contribution in [0.15, 0.2) is 34.2 Å². The second kappa shape index (κ2) is 6.76. The van der Waals surface area contributed by atoms with Crippen molar-refractivity contribution < 1.29 is 4.79 Å². The molecule has 0 unspecified atom stereocenters. The first-order valence-corrected chi connectivity index (χ1v) is 7.94. The molecule has 21 heavy (non-hydrogen) atoms. The third-order valence-corrected chi connectivity index (χ3v) is 3.95. The third kappa shape index (κ3) is 3.44. The molecule has 1 amide bonds. The number of benzene rings is 1. The van der Waals surface area contributed by atoms with E-state index in [-0.39, 0.29) is 23.3 Å². The van der Waals surface area contributed by atoms with Crippen molar-refractivity contribution in [3.05, 3.63) is 34.6 Å². The number of amides is 1. The molecule has 112 valence electrons. The van der Waals surface area contributed by atoms with Crippen molar-refractivity contribution in [2.24, 2.45) is 0 Å². The maximum atomic E-state index is 12.6. The zero-order valence-corrected chi connectivity index (χ0v) is 13.2. The Morgan fingerprint density at radius 1 is 1.38 bits per heavy atom. The zero-order chi connectivity index (χ0) is 15.4. The van der Waals surface area contributed by atoms with Crippen molar-refractivity contribution in [3.8, 4) is 0 Å². The van der Waals surface area contributed by atoms with Gasteiger partial charge in [0.05, 0.1) is 16.7 Å². The molecule has 0 aliphatic rings. The van der Waals surface area contributed by atoms with Gasteiger partial charge in [0.25, 0.3) is 5.56 Å². The van der Waals surface area contributed by atoms with E-state index >= 15 is 0 Å². The van der Waals surface area contributed by atoms with E-state index in [0.29, 0.717) is 22.6 Å². The van der Waals surface area contributed by atoms with E-state index in [0.717, 1.165) is 0 Å². The minimum atomic E-state index is -0.0611. The summed E-state index contributed by atoms with van der Waals surface area (Å²) in [6.45, 7) is 6.35. The van der Waals surface area contributed by atoms with E-state index < -0.39 is 0 Å². The lowest BCUT2D eigenvalue weighted by atomic mass is 10.2. The van der Waals surface area contributed by atoms with Gasteiger partial charge in [-0.05, 0) is 32.9 Å². The van der Waals surface area contributed by atoms with Crippen LogP contribution in [0.4, 0.5) is 0 Å². The molecule has 1 N–H and O–H groups in total. The summed E-state index contributed by atoms with van der Waals surface area (Å²) in [7, 11) is 0. The molecule has 5 nitrogen and oxygen atoms in total. The van der Waals surface area contributed by atoms with Crippen LogP contribution in [-0.4, -0.2) is 27.8 Å². The number of nitrogens with one attached hydrogen (secondary N) is 1. The normalized spacial score (nSPS) is 11.0. The highest BCUT2D eigenvalue weighted by Gasteiger charge is 2.14. The SMILES string of the molecule is CCNC(=O)CSc1nc2ccccc2c(=O)n1C(C)C. The van der Waals surface area contributed by atoms with E-state index in [1.54, 1.807) is 10.6 Å². The Morgan fingerprint density at radius 3 is 2.76 bits per heavy atom. The van der Waals surface area contributed by atoms with Gasteiger partial charge in [-0.3, -0.25) is 14.2 Å². The monoisotopic (exact) mass is 305 g/mol. The van der Waals surface area contributed by atoms with Gasteiger partial charge in [-0.1, -0.05) is 23.9 Å². The number of carbonyl (C=O) groups excluding carboxylic acids is 1. The lowest BCUT2D eigenvalue weighted by Gasteiger charge is -2.15. The van der Waals surface area contributed by atoms with Crippen molar-refractivity contribution in [2.75, 3.05) is 12.3 Å². The summed E-state index contributed by atoms with van der Waals surface area (Å²) in [5, 5.41) is 3.93. The van der Waals surface area contributed by atoms with Crippen LogP contribution in [0.2, 0.25) is 0 Å². The minimum absolute atomic E-state index is 0.00802. The highest BCUT2D eigenvalue weighted by Crippen LogP contribution is 2.20. The molecule has 1 aromatic heterocycles. The molecule has 0 bridgehead atoms. The number of hydrogen-bond acceptors (Lipinski definition) is 4. The topological polar surface area (TPSA) is 64.0 Å². The van der Waals surface area contributed by atoms with Gasteiger partial charge in [0.15, 0.2) is 5.16 Å². The summed E-state index contributed by atoms with van der Waals surface area (Å²) in [6.07, 6.45) is 0. The van der Waals surface area contributed by atoms with Crippen LogP contribution >= 0.6 is 11.8 Å². The fourth-order valence-electron chi connectivity index (χ4n) is 2.06. The highest BCUT2D eigenvalue weighted by molar-refractivity contribution is 7.99. The van der Waals surface area contributed by atoms with Crippen molar-refractivity contribution in [2.45, 2.75) is 32.0 Å². The number of hydrogen-bond donors (Lipinski definition) is 1. The van der Waals surface area contributed by atoms with Crippen molar-refractivity contribution in [1.29, 1.82) is 0 Å². The fourth-order valence-corrected chi connectivity index (χ4v) is 3.02. The number of nitrogens with zero attached hydrogens (tertiary/aromatic N) is 2. The van der Waals surface area contributed by atoms with E-state index in [4.69, 9.17) is 0 Å². The zero-order valence-electron chi connectivity index (χ0n) is 12.4. The summed E-state index contributed by atoms with van der Waals surface area (Å²) < 4.78 is 1.65. The number of fused-ring (bicyclic) bond motifs is 1. The predicted octanol–water partition coefficient (Wildman–Crippen LogP) is 2.21. The number of rotatable bonds is 5. The Balaban J connectivity index is 2.44. The molecule has 6 heteroatoms. The molecule has 0 aliphatic carbocycles. The molecule has 0 aliphatic heterocycles.